The zero-order valence-corrected chi connectivity index (χ0v) is 7.91. The molecule has 0 aromatic carbocycles. The number of aromatic nitrogens is 2. The van der Waals surface area contributed by atoms with E-state index in [1.54, 1.807) is 12.4 Å². The molecule has 0 radical (unpaired) electrons. The van der Waals surface area contributed by atoms with Gasteiger partial charge in [0.1, 0.15) is 5.75 Å². The molecule has 0 saturated carbocycles. The minimum absolute atomic E-state index is 0.658. The SMILES string of the molecule is Cc1csc(Oc2cccnc2)n1. The quantitative estimate of drug-likeness (QED) is 0.733. The van der Waals surface area contributed by atoms with Gasteiger partial charge >= 0.3 is 0 Å². The Hall–Kier alpha value is -1.42. The molecule has 3 nitrogen and oxygen atoms in total. The van der Waals surface area contributed by atoms with E-state index >= 15 is 0 Å². The molecule has 66 valence electrons. The van der Waals surface area contributed by atoms with E-state index in [4.69, 9.17) is 4.74 Å². The van der Waals surface area contributed by atoms with Crippen molar-refractivity contribution in [3.8, 4) is 10.9 Å². The van der Waals surface area contributed by atoms with Crippen molar-refractivity contribution >= 4 is 11.3 Å². The summed E-state index contributed by atoms with van der Waals surface area (Å²) in [5, 5.41) is 2.61. The number of aryl methyl sites for hydroxylation is 1. The summed E-state index contributed by atoms with van der Waals surface area (Å²) >= 11 is 1.48. The summed E-state index contributed by atoms with van der Waals surface area (Å²) in [5.74, 6) is 0.719. The second-order valence-electron chi connectivity index (χ2n) is 2.55. The van der Waals surface area contributed by atoms with Crippen molar-refractivity contribution in [1.82, 2.24) is 9.97 Å². The van der Waals surface area contributed by atoms with Crippen LogP contribution in [-0.2, 0) is 0 Å². The third-order valence-corrected chi connectivity index (χ3v) is 2.27. The normalized spacial score (nSPS) is 9.92. The van der Waals surface area contributed by atoms with Gasteiger partial charge in [0.15, 0.2) is 0 Å². The molecule has 2 heterocycles. The molecule has 0 spiro atoms. The number of thiazole rings is 1. The van der Waals surface area contributed by atoms with Gasteiger partial charge in [0.2, 0.25) is 0 Å². The number of ether oxygens (including phenoxy) is 1. The number of hydrogen-bond donors (Lipinski definition) is 0. The molecule has 0 N–H and O–H groups in total. The van der Waals surface area contributed by atoms with Gasteiger partial charge in [-0.05, 0) is 19.1 Å². The summed E-state index contributed by atoms with van der Waals surface area (Å²) in [6.45, 7) is 1.94. The average Bonchev–Trinajstić information content (AvgIpc) is 2.53. The molecule has 2 aromatic rings. The Balaban J connectivity index is 2.15. The van der Waals surface area contributed by atoms with E-state index in [2.05, 4.69) is 9.97 Å². The Kier molecular flexibility index (Phi) is 2.23. The highest BCUT2D eigenvalue weighted by Crippen LogP contribution is 2.23. The molecule has 0 aliphatic heterocycles. The van der Waals surface area contributed by atoms with Crippen molar-refractivity contribution in [2.45, 2.75) is 6.92 Å². The lowest BCUT2D eigenvalue weighted by atomic mass is 10.5. The summed E-state index contributed by atoms with van der Waals surface area (Å²) in [6, 6.07) is 3.68. The summed E-state index contributed by atoms with van der Waals surface area (Å²) < 4.78 is 5.44. The predicted molar refractivity (Wildman–Crippen MR) is 51.2 cm³/mol. The Labute approximate surface area is 80.0 Å². The maximum absolute atomic E-state index is 5.44. The van der Waals surface area contributed by atoms with Crippen LogP contribution in [0.3, 0.4) is 0 Å². The molecule has 0 aliphatic rings. The monoisotopic (exact) mass is 192 g/mol. The second-order valence-corrected chi connectivity index (χ2v) is 3.37. The summed E-state index contributed by atoms with van der Waals surface area (Å²) in [6.07, 6.45) is 3.37. The van der Waals surface area contributed by atoms with Crippen molar-refractivity contribution in [1.29, 1.82) is 0 Å². The van der Waals surface area contributed by atoms with E-state index in [0.717, 1.165) is 11.4 Å². The fourth-order valence-corrected chi connectivity index (χ4v) is 1.55. The van der Waals surface area contributed by atoms with Gasteiger partial charge in [-0.1, -0.05) is 11.3 Å². The summed E-state index contributed by atoms with van der Waals surface area (Å²) in [7, 11) is 0. The van der Waals surface area contributed by atoms with Crippen LogP contribution in [0.2, 0.25) is 0 Å². The van der Waals surface area contributed by atoms with Gasteiger partial charge < -0.3 is 4.74 Å². The number of nitrogens with zero attached hydrogens (tertiary/aromatic N) is 2. The highest BCUT2D eigenvalue weighted by atomic mass is 32.1. The van der Waals surface area contributed by atoms with Gasteiger partial charge in [0.25, 0.3) is 5.19 Å². The van der Waals surface area contributed by atoms with E-state index in [-0.39, 0.29) is 0 Å². The van der Waals surface area contributed by atoms with Crippen LogP contribution in [0.25, 0.3) is 0 Å². The third kappa shape index (κ3) is 2.03. The maximum atomic E-state index is 5.44. The van der Waals surface area contributed by atoms with Crippen molar-refractivity contribution in [2.75, 3.05) is 0 Å². The van der Waals surface area contributed by atoms with Gasteiger partial charge in [-0.3, -0.25) is 4.98 Å². The average molecular weight is 192 g/mol. The lowest BCUT2D eigenvalue weighted by molar-refractivity contribution is 0.475. The first kappa shape index (κ1) is 8.19. The molecule has 0 amide bonds. The molecule has 13 heavy (non-hydrogen) atoms. The summed E-state index contributed by atoms with van der Waals surface area (Å²) in [5.41, 5.74) is 0.976. The number of rotatable bonds is 2. The zero-order valence-electron chi connectivity index (χ0n) is 7.10. The largest absolute Gasteiger partial charge is 0.429 e. The van der Waals surface area contributed by atoms with E-state index in [9.17, 15) is 0 Å². The van der Waals surface area contributed by atoms with Crippen LogP contribution < -0.4 is 4.74 Å². The van der Waals surface area contributed by atoms with Crippen LogP contribution in [0.1, 0.15) is 5.69 Å². The highest BCUT2D eigenvalue weighted by Gasteiger charge is 2.00. The Morgan fingerprint density at radius 1 is 1.46 bits per heavy atom. The second kappa shape index (κ2) is 3.53. The molecule has 0 saturated heterocycles. The lowest BCUT2D eigenvalue weighted by Gasteiger charge is -1.98. The first-order valence-electron chi connectivity index (χ1n) is 3.84. The van der Waals surface area contributed by atoms with Crippen LogP contribution in [-0.4, -0.2) is 9.97 Å². The molecule has 0 atom stereocenters. The first-order chi connectivity index (χ1) is 6.34. The molecule has 4 heteroatoms. The Morgan fingerprint density at radius 2 is 2.38 bits per heavy atom. The topological polar surface area (TPSA) is 35.0 Å². The van der Waals surface area contributed by atoms with Crippen molar-refractivity contribution in [2.24, 2.45) is 0 Å². The molecular formula is C9H8N2OS. The first-order valence-corrected chi connectivity index (χ1v) is 4.72. The molecule has 0 unspecified atom stereocenters. The van der Waals surface area contributed by atoms with E-state index in [1.165, 1.54) is 11.3 Å². The molecule has 0 bridgehead atoms. The van der Waals surface area contributed by atoms with Gasteiger partial charge in [0.05, 0.1) is 11.9 Å². The van der Waals surface area contributed by atoms with E-state index in [0.29, 0.717) is 5.19 Å². The van der Waals surface area contributed by atoms with Crippen molar-refractivity contribution in [3.05, 3.63) is 35.6 Å². The van der Waals surface area contributed by atoms with Gasteiger partial charge in [-0.2, -0.15) is 0 Å². The highest BCUT2D eigenvalue weighted by molar-refractivity contribution is 7.11. The molecule has 0 aliphatic carbocycles. The smallest absolute Gasteiger partial charge is 0.278 e. The summed E-state index contributed by atoms with van der Waals surface area (Å²) in [4.78, 5) is 8.11. The van der Waals surface area contributed by atoms with E-state index < -0.39 is 0 Å². The third-order valence-electron chi connectivity index (χ3n) is 1.44. The lowest BCUT2D eigenvalue weighted by Crippen LogP contribution is -1.83. The maximum Gasteiger partial charge on any atom is 0.278 e. The number of hydrogen-bond acceptors (Lipinski definition) is 4. The van der Waals surface area contributed by atoms with Gasteiger partial charge in [-0.15, -0.1) is 0 Å². The van der Waals surface area contributed by atoms with E-state index in [1.807, 2.05) is 24.4 Å². The van der Waals surface area contributed by atoms with Crippen LogP contribution >= 0.6 is 11.3 Å². The number of pyridine rings is 1. The Bertz CT molecular complexity index is 386. The van der Waals surface area contributed by atoms with Crippen LogP contribution in [0.5, 0.6) is 10.9 Å². The molecule has 2 aromatic heterocycles. The van der Waals surface area contributed by atoms with Crippen molar-refractivity contribution in [3.63, 3.8) is 0 Å². The van der Waals surface area contributed by atoms with Gasteiger partial charge in [0, 0.05) is 11.6 Å². The van der Waals surface area contributed by atoms with Gasteiger partial charge in [-0.25, -0.2) is 4.98 Å². The van der Waals surface area contributed by atoms with Crippen molar-refractivity contribution < 1.29 is 4.74 Å². The molecular weight excluding hydrogens is 184 g/mol. The van der Waals surface area contributed by atoms with Crippen LogP contribution in [0.4, 0.5) is 0 Å². The van der Waals surface area contributed by atoms with Crippen LogP contribution in [0.15, 0.2) is 29.9 Å². The fraction of sp³-hybridized carbons (Fsp3) is 0.111. The standard InChI is InChI=1S/C9H8N2OS/c1-7-6-13-9(11-7)12-8-3-2-4-10-5-8/h2-6H,1H3. The molecule has 2 rings (SSSR count). The van der Waals surface area contributed by atoms with Crippen LogP contribution in [0, 0.1) is 6.92 Å². The fourth-order valence-electron chi connectivity index (χ4n) is 0.888. The Morgan fingerprint density at radius 3 is 3.00 bits per heavy atom. The minimum Gasteiger partial charge on any atom is -0.429 e. The predicted octanol–water partition coefficient (Wildman–Crippen LogP) is 2.64. The molecule has 0 fully saturated rings. The zero-order chi connectivity index (χ0) is 9.10. The minimum atomic E-state index is 0.658.